The van der Waals surface area contributed by atoms with E-state index in [9.17, 15) is 10.1 Å². The molecule has 0 saturated carbocycles. The first kappa shape index (κ1) is 20.5. The molecule has 0 aliphatic heterocycles. The van der Waals surface area contributed by atoms with E-state index >= 15 is 0 Å². The van der Waals surface area contributed by atoms with Gasteiger partial charge in [0.1, 0.15) is 0 Å². The smallest absolute Gasteiger partial charge is 0.269 e. The minimum Gasteiger partial charge on any atom is -0.358 e. The molecule has 2 heterocycles. The standard InChI is InChI=1S/C23H21N5O2S/c1-15(2)12-24-23-27(22(14-31-23)17-8-10-18(11-9-17)28(29)30)25-13-20-16(3)26-21-7-5-4-6-19(20)21/h4-11,13-14,26H,1,12H2,2-3H3. The molecule has 7 nitrogen and oxygen atoms in total. The molecular weight excluding hydrogens is 410 g/mol. The van der Waals surface area contributed by atoms with E-state index in [0.29, 0.717) is 6.54 Å². The summed E-state index contributed by atoms with van der Waals surface area (Å²) in [6.45, 7) is 8.37. The van der Waals surface area contributed by atoms with E-state index in [1.54, 1.807) is 16.8 Å². The van der Waals surface area contributed by atoms with Gasteiger partial charge < -0.3 is 4.98 Å². The first-order chi connectivity index (χ1) is 14.9. The predicted molar refractivity (Wildman–Crippen MR) is 126 cm³/mol. The van der Waals surface area contributed by atoms with Gasteiger partial charge >= 0.3 is 0 Å². The molecule has 4 aromatic rings. The van der Waals surface area contributed by atoms with Gasteiger partial charge in [-0.3, -0.25) is 15.1 Å². The maximum Gasteiger partial charge on any atom is 0.269 e. The minimum absolute atomic E-state index is 0.0515. The van der Waals surface area contributed by atoms with Crippen LogP contribution < -0.4 is 4.80 Å². The second-order valence-corrected chi connectivity index (χ2v) is 8.08. The summed E-state index contributed by atoms with van der Waals surface area (Å²) in [6, 6.07) is 14.5. The Morgan fingerprint density at radius 2 is 2.00 bits per heavy atom. The zero-order valence-corrected chi connectivity index (χ0v) is 18.0. The number of aryl methyl sites for hydroxylation is 1. The number of fused-ring (bicyclic) bond motifs is 1. The SMILES string of the molecule is C=C(C)CN=c1scc(-c2ccc([N+](=O)[O-])cc2)n1N=Cc1c(C)[nH]c2ccccc12. The molecular formula is C23H21N5O2S. The van der Waals surface area contributed by atoms with Gasteiger partial charge in [0.15, 0.2) is 0 Å². The third kappa shape index (κ3) is 4.24. The summed E-state index contributed by atoms with van der Waals surface area (Å²) in [5.41, 5.74) is 5.73. The highest BCUT2D eigenvalue weighted by molar-refractivity contribution is 7.07. The van der Waals surface area contributed by atoms with Crippen molar-refractivity contribution in [2.24, 2.45) is 10.1 Å². The lowest BCUT2D eigenvalue weighted by Crippen LogP contribution is -2.13. The zero-order chi connectivity index (χ0) is 22.0. The molecule has 2 aromatic carbocycles. The van der Waals surface area contributed by atoms with Crippen LogP contribution in [0.1, 0.15) is 18.2 Å². The molecule has 156 valence electrons. The molecule has 0 atom stereocenters. The maximum absolute atomic E-state index is 11.0. The second kappa shape index (κ2) is 8.53. The van der Waals surface area contributed by atoms with Crippen LogP contribution in [0, 0.1) is 17.0 Å². The number of nitrogens with zero attached hydrogens (tertiary/aromatic N) is 4. The number of non-ortho nitro benzene ring substituents is 1. The Morgan fingerprint density at radius 3 is 2.71 bits per heavy atom. The monoisotopic (exact) mass is 431 g/mol. The maximum atomic E-state index is 11.0. The van der Waals surface area contributed by atoms with Crippen LogP contribution in [0.15, 0.2) is 76.2 Å². The van der Waals surface area contributed by atoms with Crippen LogP contribution in [0.3, 0.4) is 0 Å². The van der Waals surface area contributed by atoms with Gasteiger partial charge in [0.05, 0.1) is 23.4 Å². The Balaban J connectivity index is 1.82. The van der Waals surface area contributed by atoms with Gasteiger partial charge in [-0.25, -0.2) is 4.68 Å². The van der Waals surface area contributed by atoms with Crippen molar-refractivity contribution in [2.45, 2.75) is 13.8 Å². The van der Waals surface area contributed by atoms with E-state index < -0.39 is 4.92 Å². The summed E-state index contributed by atoms with van der Waals surface area (Å²) in [7, 11) is 0. The molecule has 0 fully saturated rings. The van der Waals surface area contributed by atoms with E-state index in [4.69, 9.17) is 5.10 Å². The molecule has 8 heteroatoms. The molecule has 0 radical (unpaired) electrons. The number of H-pyrrole nitrogens is 1. The van der Waals surface area contributed by atoms with Crippen molar-refractivity contribution >= 4 is 34.1 Å². The summed E-state index contributed by atoms with van der Waals surface area (Å²) in [6.07, 6.45) is 1.83. The average molecular weight is 432 g/mol. The summed E-state index contributed by atoms with van der Waals surface area (Å²) >= 11 is 1.47. The van der Waals surface area contributed by atoms with Crippen molar-refractivity contribution in [2.75, 3.05) is 6.54 Å². The lowest BCUT2D eigenvalue weighted by Gasteiger charge is -2.04. The van der Waals surface area contributed by atoms with Crippen molar-refractivity contribution in [1.82, 2.24) is 9.66 Å². The fourth-order valence-corrected chi connectivity index (χ4v) is 4.09. The molecule has 1 N–H and O–H groups in total. The van der Waals surface area contributed by atoms with Gasteiger partial charge in [-0.05, 0) is 32.0 Å². The molecule has 0 aliphatic carbocycles. The van der Waals surface area contributed by atoms with Crippen LogP contribution in [0.5, 0.6) is 0 Å². The zero-order valence-electron chi connectivity index (χ0n) is 17.2. The van der Waals surface area contributed by atoms with Gasteiger partial charge in [0.25, 0.3) is 5.69 Å². The highest BCUT2D eigenvalue weighted by Crippen LogP contribution is 2.24. The summed E-state index contributed by atoms with van der Waals surface area (Å²) in [5, 5.41) is 18.8. The van der Waals surface area contributed by atoms with Crippen LogP contribution in [0.4, 0.5) is 5.69 Å². The molecule has 0 aliphatic rings. The van der Waals surface area contributed by atoms with Crippen LogP contribution in [-0.4, -0.2) is 27.3 Å². The quantitative estimate of drug-likeness (QED) is 0.195. The Kier molecular flexibility index (Phi) is 5.64. The van der Waals surface area contributed by atoms with Crippen LogP contribution in [0.25, 0.3) is 22.2 Å². The van der Waals surface area contributed by atoms with Gasteiger partial charge in [-0.2, -0.15) is 5.10 Å². The number of aromatic amines is 1. The largest absolute Gasteiger partial charge is 0.358 e. The van der Waals surface area contributed by atoms with Crippen LogP contribution >= 0.6 is 11.3 Å². The molecule has 2 aromatic heterocycles. The van der Waals surface area contributed by atoms with Crippen molar-refractivity contribution < 1.29 is 4.92 Å². The summed E-state index contributed by atoms with van der Waals surface area (Å²) in [4.78, 5) is 19.3. The van der Waals surface area contributed by atoms with Crippen molar-refractivity contribution in [3.63, 3.8) is 0 Å². The predicted octanol–water partition coefficient (Wildman–Crippen LogP) is 5.27. The van der Waals surface area contributed by atoms with Crippen LogP contribution in [-0.2, 0) is 0 Å². The molecule has 0 spiro atoms. The van der Waals surface area contributed by atoms with Gasteiger partial charge in [-0.15, -0.1) is 11.3 Å². The van der Waals surface area contributed by atoms with E-state index in [2.05, 4.69) is 22.6 Å². The summed E-state index contributed by atoms with van der Waals surface area (Å²) < 4.78 is 1.77. The first-order valence-corrected chi connectivity index (χ1v) is 10.5. The van der Waals surface area contributed by atoms with Crippen molar-refractivity contribution in [1.29, 1.82) is 0 Å². The fourth-order valence-electron chi connectivity index (χ4n) is 3.25. The van der Waals surface area contributed by atoms with Crippen molar-refractivity contribution in [3.05, 3.63) is 92.2 Å². The molecule has 0 unspecified atom stereocenters. The number of hydrogen-bond acceptors (Lipinski definition) is 5. The van der Waals surface area contributed by atoms with Crippen LogP contribution in [0.2, 0.25) is 0 Å². The number of thiazole rings is 1. The van der Waals surface area contributed by atoms with E-state index in [-0.39, 0.29) is 5.69 Å². The lowest BCUT2D eigenvalue weighted by molar-refractivity contribution is -0.384. The molecule has 31 heavy (non-hydrogen) atoms. The number of nitrogens with one attached hydrogen (secondary N) is 1. The number of hydrogen-bond donors (Lipinski definition) is 1. The number of nitro benzene ring substituents is 1. The Labute approximate surface area is 182 Å². The third-order valence-corrected chi connectivity index (χ3v) is 5.64. The van der Waals surface area contributed by atoms with Crippen molar-refractivity contribution in [3.8, 4) is 11.3 Å². The number of rotatable bonds is 6. The first-order valence-electron chi connectivity index (χ1n) is 9.66. The lowest BCUT2D eigenvalue weighted by atomic mass is 10.1. The normalized spacial score (nSPS) is 12.1. The number of para-hydroxylation sites is 1. The van der Waals surface area contributed by atoms with E-state index in [0.717, 1.165) is 43.8 Å². The Hall–Kier alpha value is -3.78. The molecule has 0 amide bonds. The fraction of sp³-hybridized carbons (Fsp3) is 0.130. The number of benzene rings is 2. The average Bonchev–Trinajstić information content (AvgIpc) is 3.30. The second-order valence-electron chi connectivity index (χ2n) is 7.25. The van der Waals surface area contributed by atoms with Gasteiger partial charge in [-0.1, -0.05) is 30.4 Å². The number of aromatic nitrogens is 2. The topological polar surface area (TPSA) is 88.6 Å². The van der Waals surface area contributed by atoms with Gasteiger partial charge in [0, 0.05) is 45.2 Å². The Morgan fingerprint density at radius 1 is 1.26 bits per heavy atom. The highest BCUT2D eigenvalue weighted by Gasteiger charge is 2.11. The molecule has 0 saturated heterocycles. The third-order valence-electron chi connectivity index (χ3n) is 4.79. The summed E-state index contributed by atoms with van der Waals surface area (Å²) in [5.74, 6) is 0. The van der Waals surface area contributed by atoms with E-state index in [1.165, 1.54) is 23.5 Å². The Bertz CT molecular complexity index is 1370. The highest BCUT2D eigenvalue weighted by atomic mass is 32.1. The molecule has 4 rings (SSSR count). The van der Waals surface area contributed by atoms with Gasteiger partial charge in [0.2, 0.25) is 4.80 Å². The van der Waals surface area contributed by atoms with E-state index in [1.807, 2.05) is 43.6 Å². The number of nitro groups is 1. The minimum atomic E-state index is -0.406. The molecule has 0 bridgehead atoms.